The summed E-state index contributed by atoms with van der Waals surface area (Å²) in [5.74, 6) is 0.0857. The van der Waals surface area contributed by atoms with E-state index < -0.39 is 0 Å². The highest BCUT2D eigenvalue weighted by atomic mass is 16.2. The third-order valence-electron chi connectivity index (χ3n) is 5.25. The van der Waals surface area contributed by atoms with Crippen LogP contribution in [0.1, 0.15) is 22.8 Å². The Labute approximate surface area is 148 Å². The minimum Gasteiger partial charge on any atom is -0.337 e. The van der Waals surface area contributed by atoms with Crippen molar-refractivity contribution in [2.45, 2.75) is 19.4 Å². The molecule has 1 amide bonds. The highest BCUT2D eigenvalue weighted by Crippen LogP contribution is 2.37. The van der Waals surface area contributed by atoms with Gasteiger partial charge in [-0.1, -0.05) is 18.2 Å². The van der Waals surface area contributed by atoms with Crippen molar-refractivity contribution < 1.29 is 4.79 Å². The van der Waals surface area contributed by atoms with Crippen LogP contribution in [-0.4, -0.2) is 60.0 Å². The van der Waals surface area contributed by atoms with Crippen molar-refractivity contribution >= 4 is 17.3 Å². The largest absolute Gasteiger partial charge is 0.337 e. The van der Waals surface area contributed by atoms with Crippen molar-refractivity contribution in [3.8, 4) is 0 Å². The van der Waals surface area contributed by atoms with E-state index in [0.29, 0.717) is 11.6 Å². The predicted octanol–water partition coefficient (Wildman–Crippen LogP) is 2.55. The first-order valence-corrected chi connectivity index (χ1v) is 8.93. The molecule has 2 aliphatic heterocycles. The summed E-state index contributed by atoms with van der Waals surface area (Å²) in [6, 6.07) is 10.8. The molecule has 0 bridgehead atoms. The number of piperazine rings is 1. The summed E-state index contributed by atoms with van der Waals surface area (Å²) in [5.41, 5.74) is 4.25. The molecular weight excluding hydrogens is 312 g/mol. The van der Waals surface area contributed by atoms with Gasteiger partial charge in [-0.25, -0.2) is 0 Å². The summed E-state index contributed by atoms with van der Waals surface area (Å²) >= 11 is 0. The van der Waals surface area contributed by atoms with Crippen molar-refractivity contribution in [1.29, 1.82) is 0 Å². The van der Waals surface area contributed by atoms with Gasteiger partial charge in [0.05, 0.1) is 17.4 Å². The van der Waals surface area contributed by atoms with Crippen molar-refractivity contribution in [2.75, 3.05) is 38.1 Å². The van der Waals surface area contributed by atoms with Crippen molar-refractivity contribution in [3.63, 3.8) is 0 Å². The van der Waals surface area contributed by atoms with Crippen LogP contribution in [0.25, 0.3) is 0 Å². The maximum Gasteiger partial charge on any atom is 0.255 e. The molecule has 5 heteroatoms. The number of benzene rings is 1. The average Bonchev–Trinajstić information content (AvgIpc) is 2.97. The van der Waals surface area contributed by atoms with Crippen LogP contribution in [0.5, 0.6) is 0 Å². The molecule has 0 spiro atoms. The molecule has 1 saturated heterocycles. The monoisotopic (exact) mass is 336 g/mol. The van der Waals surface area contributed by atoms with Gasteiger partial charge in [-0.2, -0.15) is 0 Å². The third-order valence-corrected chi connectivity index (χ3v) is 5.25. The first-order valence-electron chi connectivity index (χ1n) is 8.93. The first kappa shape index (κ1) is 16.1. The van der Waals surface area contributed by atoms with Crippen LogP contribution in [0.3, 0.4) is 0 Å². The van der Waals surface area contributed by atoms with E-state index in [0.717, 1.165) is 38.3 Å². The van der Waals surface area contributed by atoms with E-state index in [1.54, 1.807) is 6.20 Å². The summed E-state index contributed by atoms with van der Waals surface area (Å²) < 4.78 is 0. The number of pyridine rings is 1. The molecule has 4 rings (SSSR count). The quantitative estimate of drug-likeness (QED) is 0.845. The zero-order chi connectivity index (χ0) is 17.4. The fourth-order valence-electron chi connectivity index (χ4n) is 3.83. The Bertz CT molecular complexity index is 783. The second-order valence-electron chi connectivity index (χ2n) is 7.08. The maximum atomic E-state index is 12.8. The maximum absolute atomic E-state index is 12.8. The topological polar surface area (TPSA) is 39.7 Å². The Morgan fingerprint density at radius 3 is 2.68 bits per heavy atom. The molecule has 1 aromatic heterocycles. The molecule has 0 saturated carbocycles. The smallest absolute Gasteiger partial charge is 0.255 e. The first-order chi connectivity index (χ1) is 12.1. The molecule has 130 valence electrons. The number of nitrogens with zero attached hydrogens (tertiary/aromatic N) is 4. The number of carbonyl (C=O) groups excluding carboxylic acids is 1. The van der Waals surface area contributed by atoms with Gasteiger partial charge in [-0.3, -0.25) is 9.78 Å². The van der Waals surface area contributed by atoms with Gasteiger partial charge in [-0.05, 0) is 38.1 Å². The van der Waals surface area contributed by atoms with Crippen LogP contribution in [0.2, 0.25) is 0 Å². The summed E-state index contributed by atoms with van der Waals surface area (Å²) in [5, 5.41) is 0. The Morgan fingerprint density at radius 1 is 1.12 bits per heavy atom. The van der Waals surface area contributed by atoms with Crippen LogP contribution in [0.15, 0.2) is 42.7 Å². The predicted molar refractivity (Wildman–Crippen MR) is 99.4 cm³/mol. The summed E-state index contributed by atoms with van der Waals surface area (Å²) in [6.07, 6.45) is 4.57. The number of aromatic nitrogens is 1. The van der Waals surface area contributed by atoms with Gasteiger partial charge >= 0.3 is 0 Å². The van der Waals surface area contributed by atoms with Gasteiger partial charge in [0.1, 0.15) is 0 Å². The molecule has 1 fully saturated rings. The third kappa shape index (κ3) is 3.00. The van der Waals surface area contributed by atoms with Crippen LogP contribution >= 0.6 is 0 Å². The summed E-state index contributed by atoms with van der Waals surface area (Å²) in [7, 11) is 2.09. The number of rotatable bonds is 2. The van der Waals surface area contributed by atoms with E-state index in [9.17, 15) is 4.79 Å². The molecule has 2 aromatic rings. The number of hydrogen-bond acceptors (Lipinski definition) is 4. The van der Waals surface area contributed by atoms with Crippen LogP contribution < -0.4 is 4.90 Å². The summed E-state index contributed by atoms with van der Waals surface area (Å²) in [6.45, 7) is 5.63. The van der Waals surface area contributed by atoms with E-state index in [1.165, 1.54) is 11.3 Å². The molecule has 2 aliphatic rings. The minimum absolute atomic E-state index is 0.0857. The van der Waals surface area contributed by atoms with Gasteiger partial charge in [0.2, 0.25) is 0 Å². The van der Waals surface area contributed by atoms with Gasteiger partial charge in [0.15, 0.2) is 0 Å². The SMILES string of the molecule is CC1Cc2ccccc2N1c1cncc(C(=O)N2CCN(C)CC2)c1. The average molecular weight is 336 g/mol. The standard InChI is InChI=1S/C20H24N4O/c1-15-11-16-5-3-4-6-19(16)24(15)18-12-17(13-21-14-18)20(25)23-9-7-22(2)8-10-23/h3-6,12-15H,7-11H2,1-2H3. The number of carbonyl (C=O) groups is 1. The number of anilines is 2. The van der Waals surface area contributed by atoms with Crippen molar-refractivity contribution in [3.05, 3.63) is 53.9 Å². The van der Waals surface area contributed by atoms with Gasteiger partial charge in [-0.15, -0.1) is 0 Å². The Hall–Kier alpha value is -2.40. The molecule has 1 unspecified atom stereocenters. The second-order valence-corrected chi connectivity index (χ2v) is 7.08. The number of hydrogen-bond donors (Lipinski definition) is 0. The zero-order valence-corrected chi connectivity index (χ0v) is 14.9. The number of fused-ring (bicyclic) bond motifs is 1. The number of para-hydroxylation sites is 1. The molecule has 0 N–H and O–H groups in total. The minimum atomic E-state index is 0.0857. The van der Waals surface area contributed by atoms with E-state index in [4.69, 9.17) is 0 Å². The lowest BCUT2D eigenvalue weighted by Crippen LogP contribution is -2.47. The van der Waals surface area contributed by atoms with Crippen LogP contribution in [0, 0.1) is 0 Å². The molecule has 25 heavy (non-hydrogen) atoms. The van der Waals surface area contributed by atoms with E-state index in [2.05, 4.69) is 53.0 Å². The van der Waals surface area contributed by atoms with E-state index in [1.807, 2.05) is 17.2 Å². The molecule has 1 aromatic carbocycles. The lowest BCUT2D eigenvalue weighted by atomic mass is 10.1. The molecule has 3 heterocycles. The molecule has 0 radical (unpaired) electrons. The van der Waals surface area contributed by atoms with E-state index >= 15 is 0 Å². The normalized spacial score (nSPS) is 20.6. The Balaban J connectivity index is 1.61. The fourth-order valence-corrected chi connectivity index (χ4v) is 3.83. The Kier molecular flexibility index (Phi) is 4.17. The molecule has 5 nitrogen and oxygen atoms in total. The van der Waals surface area contributed by atoms with Crippen LogP contribution in [-0.2, 0) is 6.42 Å². The molecule has 0 aliphatic carbocycles. The molecule has 1 atom stereocenters. The van der Waals surface area contributed by atoms with Gasteiger partial charge < -0.3 is 14.7 Å². The van der Waals surface area contributed by atoms with Gasteiger partial charge in [0.25, 0.3) is 5.91 Å². The highest BCUT2D eigenvalue weighted by molar-refractivity contribution is 5.95. The van der Waals surface area contributed by atoms with Gasteiger partial charge in [0, 0.05) is 44.1 Å². The zero-order valence-electron chi connectivity index (χ0n) is 14.9. The van der Waals surface area contributed by atoms with Crippen molar-refractivity contribution in [2.24, 2.45) is 0 Å². The summed E-state index contributed by atoms with van der Waals surface area (Å²) in [4.78, 5) is 23.7. The van der Waals surface area contributed by atoms with Crippen molar-refractivity contribution in [1.82, 2.24) is 14.8 Å². The fraction of sp³-hybridized carbons (Fsp3) is 0.400. The number of amides is 1. The second kappa shape index (κ2) is 6.48. The number of likely N-dealkylation sites (N-methyl/N-ethyl adjacent to an activating group) is 1. The molecular formula is C20H24N4O. The van der Waals surface area contributed by atoms with E-state index in [-0.39, 0.29) is 5.91 Å². The lowest BCUT2D eigenvalue weighted by Gasteiger charge is -2.32. The Morgan fingerprint density at radius 2 is 1.88 bits per heavy atom. The highest BCUT2D eigenvalue weighted by Gasteiger charge is 2.28. The van der Waals surface area contributed by atoms with Crippen LogP contribution in [0.4, 0.5) is 11.4 Å². The lowest BCUT2D eigenvalue weighted by molar-refractivity contribution is 0.0663.